The van der Waals surface area contributed by atoms with Gasteiger partial charge in [-0.05, 0) is 49.5 Å². The maximum absolute atomic E-state index is 9.41. The van der Waals surface area contributed by atoms with Gasteiger partial charge >= 0.3 is 0 Å². The zero-order valence-electron chi connectivity index (χ0n) is 15.2. The van der Waals surface area contributed by atoms with Gasteiger partial charge in [0.2, 0.25) is 0 Å². The fourth-order valence-electron chi connectivity index (χ4n) is 2.28. The fraction of sp³-hybridized carbons (Fsp3) is 0.500. The minimum atomic E-state index is -1.55. The summed E-state index contributed by atoms with van der Waals surface area (Å²) >= 11 is 0. The van der Waals surface area contributed by atoms with Crippen LogP contribution >= 0.6 is 0 Å². The molecular formula is C20H29NO4-2. The molecule has 0 saturated heterocycles. The molecule has 140 valence electrons. The third kappa shape index (κ3) is 15.1. The van der Waals surface area contributed by atoms with Crippen LogP contribution in [-0.2, 0) is 22.4 Å². The van der Waals surface area contributed by atoms with Crippen molar-refractivity contribution in [1.82, 2.24) is 0 Å². The number of unbranched alkanes of at least 4 members (excludes halogenated alkanes) is 4. The lowest BCUT2D eigenvalue weighted by molar-refractivity contribution is -0.301. The van der Waals surface area contributed by atoms with Crippen LogP contribution in [0.3, 0.4) is 0 Å². The predicted octanol–water partition coefficient (Wildman–Crippen LogP) is 1.13. The van der Waals surface area contributed by atoms with Crippen molar-refractivity contribution in [3.05, 3.63) is 47.5 Å². The van der Waals surface area contributed by atoms with Gasteiger partial charge in [-0.3, -0.25) is 0 Å². The molecule has 0 saturated carbocycles. The van der Waals surface area contributed by atoms with Gasteiger partial charge in [-0.25, -0.2) is 0 Å². The number of carboxylic acid groups (broad SMARTS) is 2. The van der Waals surface area contributed by atoms with E-state index in [-0.39, 0.29) is 6.04 Å². The van der Waals surface area contributed by atoms with E-state index in [0.29, 0.717) is 12.2 Å². The van der Waals surface area contributed by atoms with Crippen LogP contribution in [0, 0.1) is 0 Å². The zero-order valence-corrected chi connectivity index (χ0v) is 15.2. The van der Waals surface area contributed by atoms with Crippen molar-refractivity contribution in [1.29, 1.82) is 0 Å². The summed E-state index contributed by atoms with van der Waals surface area (Å²) in [6, 6.07) is 9.24. The summed E-state index contributed by atoms with van der Waals surface area (Å²) in [6.07, 6.45) is 9.77. The van der Waals surface area contributed by atoms with E-state index in [9.17, 15) is 19.8 Å². The Balaban J connectivity index is 0.000000609. The van der Waals surface area contributed by atoms with Crippen LogP contribution < -0.4 is 15.9 Å². The third-order valence-corrected chi connectivity index (χ3v) is 3.51. The minimum absolute atomic E-state index is 0.259. The quantitative estimate of drug-likeness (QED) is 0.504. The number of carbonyl (C=O) groups is 2. The molecule has 0 spiro atoms. The van der Waals surface area contributed by atoms with E-state index in [1.54, 1.807) is 0 Å². The Morgan fingerprint density at radius 1 is 0.960 bits per heavy atom. The molecule has 1 rings (SSSR count). The number of rotatable bonds is 10. The molecule has 1 aromatic rings. The molecule has 0 aliphatic rings. The third-order valence-electron chi connectivity index (χ3n) is 3.51. The van der Waals surface area contributed by atoms with E-state index in [1.807, 2.05) is 0 Å². The van der Waals surface area contributed by atoms with Crippen LogP contribution in [0.25, 0.3) is 0 Å². The van der Waals surface area contributed by atoms with Crippen LogP contribution in [0.1, 0.15) is 57.1 Å². The number of hydrogen-bond donors (Lipinski definition) is 1. The van der Waals surface area contributed by atoms with E-state index in [1.165, 1.54) is 49.7 Å². The van der Waals surface area contributed by atoms with Crippen LogP contribution in [0.15, 0.2) is 36.4 Å². The van der Waals surface area contributed by atoms with Crippen molar-refractivity contribution in [3.8, 4) is 0 Å². The molecule has 5 nitrogen and oxygen atoms in total. The first-order chi connectivity index (χ1) is 11.8. The van der Waals surface area contributed by atoms with Gasteiger partial charge in [0.1, 0.15) is 0 Å². The molecule has 0 aliphatic heterocycles. The summed E-state index contributed by atoms with van der Waals surface area (Å²) in [5.41, 5.74) is 8.61. The van der Waals surface area contributed by atoms with Crippen LogP contribution in [0.5, 0.6) is 0 Å². The van der Waals surface area contributed by atoms with Gasteiger partial charge in [0.05, 0.1) is 11.9 Å². The Kier molecular flexibility index (Phi) is 13.0. The monoisotopic (exact) mass is 347 g/mol. The smallest absolute Gasteiger partial charge is 0.0643 e. The van der Waals surface area contributed by atoms with Gasteiger partial charge in [-0.1, -0.05) is 56.9 Å². The van der Waals surface area contributed by atoms with Crippen molar-refractivity contribution < 1.29 is 19.8 Å². The van der Waals surface area contributed by atoms with Gasteiger partial charge in [0.25, 0.3) is 0 Å². The van der Waals surface area contributed by atoms with Crippen molar-refractivity contribution in [2.24, 2.45) is 5.73 Å². The average Bonchev–Trinajstić information content (AvgIpc) is 2.54. The number of carbonyl (C=O) groups excluding carboxylic acids is 2. The molecule has 0 radical (unpaired) electrons. The number of aliphatic carboxylic acids is 2. The molecule has 1 aromatic carbocycles. The van der Waals surface area contributed by atoms with Gasteiger partial charge < -0.3 is 25.5 Å². The molecule has 0 amide bonds. The van der Waals surface area contributed by atoms with E-state index < -0.39 is 11.9 Å². The Labute approximate surface area is 150 Å². The summed E-state index contributed by atoms with van der Waals surface area (Å²) in [5.74, 6) is -3.09. The lowest BCUT2D eigenvalue weighted by atomic mass is 10.0. The summed E-state index contributed by atoms with van der Waals surface area (Å²) in [4.78, 5) is 18.8. The molecule has 0 aliphatic carbocycles. The van der Waals surface area contributed by atoms with Crippen LogP contribution in [0.4, 0.5) is 0 Å². The highest BCUT2D eigenvalue weighted by Gasteiger charge is 1.98. The first kappa shape index (κ1) is 22.9. The first-order valence-electron chi connectivity index (χ1n) is 8.78. The second-order valence-corrected chi connectivity index (χ2v) is 6.13. The molecule has 1 atom stereocenters. The van der Waals surface area contributed by atoms with E-state index in [2.05, 4.69) is 38.1 Å². The summed E-state index contributed by atoms with van der Waals surface area (Å²) in [5, 5.41) is 18.8. The fourth-order valence-corrected chi connectivity index (χ4v) is 2.28. The van der Waals surface area contributed by atoms with E-state index >= 15 is 0 Å². The van der Waals surface area contributed by atoms with Gasteiger partial charge in [-0.15, -0.1) is 0 Å². The number of benzene rings is 1. The number of hydrogen-bond acceptors (Lipinski definition) is 5. The van der Waals surface area contributed by atoms with Crippen LogP contribution in [-0.4, -0.2) is 18.0 Å². The van der Waals surface area contributed by atoms with Crippen molar-refractivity contribution in [3.63, 3.8) is 0 Å². The summed E-state index contributed by atoms with van der Waals surface area (Å²) in [7, 11) is 0. The Bertz CT molecular complexity index is 505. The topological polar surface area (TPSA) is 106 Å². The van der Waals surface area contributed by atoms with E-state index in [4.69, 9.17) is 5.73 Å². The molecule has 0 heterocycles. The van der Waals surface area contributed by atoms with Gasteiger partial charge in [0.15, 0.2) is 0 Å². The van der Waals surface area contributed by atoms with Crippen LogP contribution in [0.2, 0.25) is 0 Å². The maximum Gasteiger partial charge on any atom is 0.0643 e. The summed E-state index contributed by atoms with van der Waals surface area (Å²) in [6.45, 7) is 4.32. The normalized spacial score (nSPS) is 11.6. The number of nitrogens with two attached hydrogens (primary N) is 1. The molecule has 0 aromatic heterocycles. The Hall–Kier alpha value is -2.14. The lowest BCUT2D eigenvalue weighted by Crippen LogP contribution is -2.23. The Morgan fingerprint density at radius 2 is 1.44 bits per heavy atom. The molecule has 5 heteroatoms. The predicted molar refractivity (Wildman–Crippen MR) is 95.4 cm³/mol. The average molecular weight is 347 g/mol. The molecule has 2 N–H and O–H groups in total. The second-order valence-electron chi connectivity index (χ2n) is 6.13. The molecular weight excluding hydrogens is 318 g/mol. The number of carboxylic acids is 2. The molecule has 0 fully saturated rings. The standard InChI is InChI=1S/C16H27N.C4H4O4/c1-3-4-5-6-7-8-15-9-11-16(12-10-15)13-14(2)17;5-3(6)1-2-4(7)8/h9-12,14H,3-8,13,17H2,1-2H3;1-2H,(H,5,6)(H,7,8)/p-2/b;2-1-. The van der Waals surface area contributed by atoms with Gasteiger partial charge in [0, 0.05) is 6.04 Å². The molecule has 25 heavy (non-hydrogen) atoms. The Morgan fingerprint density at radius 3 is 1.88 bits per heavy atom. The molecule has 0 bridgehead atoms. The summed E-state index contributed by atoms with van der Waals surface area (Å²) < 4.78 is 0. The minimum Gasteiger partial charge on any atom is -0.545 e. The second kappa shape index (κ2) is 14.2. The number of aryl methyl sites for hydroxylation is 1. The first-order valence-corrected chi connectivity index (χ1v) is 8.78. The maximum atomic E-state index is 9.41. The lowest BCUT2D eigenvalue weighted by Gasteiger charge is -2.06. The van der Waals surface area contributed by atoms with Crippen molar-refractivity contribution >= 4 is 11.9 Å². The molecule has 1 unspecified atom stereocenters. The highest BCUT2D eigenvalue weighted by Crippen LogP contribution is 2.11. The largest absolute Gasteiger partial charge is 0.545 e. The van der Waals surface area contributed by atoms with E-state index in [0.717, 1.165) is 6.42 Å². The van der Waals surface area contributed by atoms with Crippen molar-refractivity contribution in [2.45, 2.75) is 64.8 Å². The SMILES string of the molecule is CCCCCCCc1ccc(CC(C)N)cc1.O=C([O-])/C=C\C(=O)[O-]. The highest BCUT2D eigenvalue weighted by molar-refractivity contribution is 5.87. The van der Waals surface area contributed by atoms with Gasteiger partial charge in [-0.2, -0.15) is 0 Å². The zero-order chi connectivity index (χ0) is 19.1. The highest BCUT2D eigenvalue weighted by atomic mass is 16.4. The van der Waals surface area contributed by atoms with Crippen molar-refractivity contribution in [2.75, 3.05) is 0 Å².